The lowest BCUT2D eigenvalue weighted by Crippen LogP contribution is -2.29. The van der Waals surface area contributed by atoms with Crippen molar-refractivity contribution < 1.29 is 4.42 Å². The average molecular weight is 280 g/mol. The van der Waals surface area contributed by atoms with Gasteiger partial charge < -0.3 is 4.42 Å². The van der Waals surface area contributed by atoms with E-state index in [0.29, 0.717) is 0 Å². The highest BCUT2D eigenvalue weighted by molar-refractivity contribution is 5.81. The summed E-state index contributed by atoms with van der Waals surface area (Å²) in [5.41, 5.74) is 8.58. The summed E-state index contributed by atoms with van der Waals surface area (Å²) in [6, 6.07) is 14.3. The maximum Gasteiger partial charge on any atom is 0.137 e. The quantitative estimate of drug-likeness (QED) is 0.565. The lowest BCUT2D eigenvalue weighted by atomic mass is 9.96. The van der Waals surface area contributed by atoms with Crippen LogP contribution < -0.4 is 11.3 Å². The van der Waals surface area contributed by atoms with Crippen molar-refractivity contribution >= 4 is 11.0 Å². The third kappa shape index (κ3) is 2.35. The van der Waals surface area contributed by atoms with E-state index in [0.717, 1.165) is 27.9 Å². The first-order valence-corrected chi connectivity index (χ1v) is 7.13. The highest BCUT2D eigenvalue weighted by Crippen LogP contribution is 2.31. The normalized spacial score (nSPS) is 12.8. The van der Waals surface area contributed by atoms with Gasteiger partial charge in [-0.05, 0) is 49.1 Å². The van der Waals surface area contributed by atoms with Crippen LogP contribution in [0.3, 0.4) is 0 Å². The number of nitrogens with two attached hydrogens (primary N) is 1. The van der Waals surface area contributed by atoms with Gasteiger partial charge >= 0.3 is 0 Å². The van der Waals surface area contributed by atoms with Crippen molar-refractivity contribution in [2.24, 2.45) is 5.84 Å². The molecular weight excluding hydrogens is 260 g/mol. The van der Waals surface area contributed by atoms with E-state index in [4.69, 9.17) is 10.3 Å². The van der Waals surface area contributed by atoms with Crippen LogP contribution in [0.15, 0.2) is 46.9 Å². The molecule has 3 heteroatoms. The third-order valence-corrected chi connectivity index (χ3v) is 4.17. The fourth-order valence-electron chi connectivity index (χ4n) is 2.78. The zero-order valence-electron chi connectivity index (χ0n) is 12.6. The molecule has 3 aromatic rings. The Labute approximate surface area is 124 Å². The third-order valence-electron chi connectivity index (χ3n) is 4.17. The molecule has 3 N–H and O–H groups in total. The predicted octanol–water partition coefficient (Wildman–Crippen LogP) is 3.91. The number of rotatable bonds is 3. The van der Waals surface area contributed by atoms with Crippen LogP contribution in [0.25, 0.3) is 11.0 Å². The molecule has 3 rings (SSSR count). The average Bonchev–Trinajstić information content (AvgIpc) is 2.89. The molecule has 0 amide bonds. The number of nitrogens with one attached hydrogen (secondary N) is 1. The fourth-order valence-corrected chi connectivity index (χ4v) is 2.78. The van der Waals surface area contributed by atoms with E-state index in [1.807, 2.05) is 6.07 Å². The number of furan rings is 1. The molecule has 0 aliphatic carbocycles. The van der Waals surface area contributed by atoms with Crippen molar-refractivity contribution in [3.63, 3.8) is 0 Å². The molecule has 21 heavy (non-hydrogen) atoms. The van der Waals surface area contributed by atoms with Gasteiger partial charge in [0.2, 0.25) is 0 Å². The summed E-state index contributed by atoms with van der Waals surface area (Å²) in [5, 5.41) is 1.11. The molecule has 2 aromatic carbocycles. The summed E-state index contributed by atoms with van der Waals surface area (Å²) in [6.07, 6.45) is 0. The summed E-state index contributed by atoms with van der Waals surface area (Å²) in [4.78, 5) is 0. The second-order valence-electron chi connectivity index (χ2n) is 5.53. The van der Waals surface area contributed by atoms with Gasteiger partial charge in [-0.3, -0.25) is 5.84 Å². The van der Waals surface area contributed by atoms with Crippen molar-refractivity contribution in [2.75, 3.05) is 0 Å². The second-order valence-corrected chi connectivity index (χ2v) is 5.53. The molecular formula is C18H20N2O. The van der Waals surface area contributed by atoms with Crippen LogP contribution in [0.1, 0.15) is 34.1 Å². The summed E-state index contributed by atoms with van der Waals surface area (Å²) in [7, 11) is 0. The highest BCUT2D eigenvalue weighted by Gasteiger charge is 2.20. The number of fused-ring (bicyclic) bond motifs is 1. The van der Waals surface area contributed by atoms with Gasteiger partial charge in [-0.25, -0.2) is 5.43 Å². The molecule has 108 valence electrons. The van der Waals surface area contributed by atoms with Crippen LogP contribution in [0.4, 0.5) is 0 Å². The van der Waals surface area contributed by atoms with Gasteiger partial charge in [-0.2, -0.15) is 0 Å². The topological polar surface area (TPSA) is 51.2 Å². The summed E-state index contributed by atoms with van der Waals surface area (Å²) in [6.45, 7) is 6.27. The molecule has 0 aliphatic heterocycles. The predicted molar refractivity (Wildman–Crippen MR) is 86.0 cm³/mol. The first-order valence-electron chi connectivity index (χ1n) is 7.13. The number of hydrogen-bond donors (Lipinski definition) is 2. The largest absolute Gasteiger partial charge is 0.459 e. The van der Waals surface area contributed by atoms with Crippen molar-refractivity contribution in [3.8, 4) is 0 Å². The van der Waals surface area contributed by atoms with Gasteiger partial charge in [-0.15, -0.1) is 0 Å². The van der Waals surface area contributed by atoms with E-state index in [9.17, 15) is 0 Å². The standard InChI is InChI=1S/C18H20N2O/c1-11-6-5-9-15(13(11)3)17(20-19)16-10-14-8-4-7-12(2)18(14)21-16/h4-10,17,20H,19H2,1-3H3. The second kappa shape index (κ2) is 5.35. The minimum absolute atomic E-state index is 0.142. The number of hydrazine groups is 1. The zero-order chi connectivity index (χ0) is 15.0. The molecule has 0 aliphatic rings. The van der Waals surface area contributed by atoms with E-state index in [-0.39, 0.29) is 6.04 Å². The molecule has 3 nitrogen and oxygen atoms in total. The number of hydrogen-bond acceptors (Lipinski definition) is 3. The fraction of sp³-hybridized carbons (Fsp3) is 0.222. The van der Waals surface area contributed by atoms with Crippen LogP contribution in [0, 0.1) is 20.8 Å². The molecule has 0 fully saturated rings. The van der Waals surface area contributed by atoms with Gasteiger partial charge in [0.05, 0.1) is 0 Å². The Bertz CT molecular complexity index is 789. The Morgan fingerprint density at radius 1 is 1.00 bits per heavy atom. The molecule has 0 spiro atoms. The van der Waals surface area contributed by atoms with Crippen LogP contribution in [-0.2, 0) is 0 Å². The Morgan fingerprint density at radius 3 is 2.43 bits per heavy atom. The van der Waals surface area contributed by atoms with E-state index in [1.54, 1.807) is 0 Å². The first kappa shape index (κ1) is 13.9. The Morgan fingerprint density at radius 2 is 1.71 bits per heavy atom. The molecule has 1 unspecified atom stereocenters. The highest BCUT2D eigenvalue weighted by atomic mass is 16.3. The van der Waals surface area contributed by atoms with Gasteiger partial charge in [-0.1, -0.05) is 36.4 Å². The van der Waals surface area contributed by atoms with Crippen molar-refractivity contribution in [2.45, 2.75) is 26.8 Å². The SMILES string of the molecule is Cc1cccc(C(NN)c2cc3cccc(C)c3o2)c1C. The van der Waals surface area contributed by atoms with Crippen LogP contribution >= 0.6 is 0 Å². The van der Waals surface area contributed by atoms with Gasteiger partial charge in [0.1, 0.15) is 17.4 Å². The smallest absolute Gasteiger partial charge is 0.137 e. The van der Waals surface area contributed by atoms with Gasteiger partial charge in [0, 0.05) is 5.39 Å². The van der Waals surface area contributed by atoms with Crippen LogP contribution in [0.5, 0.6) is 0 Å². The summed E-state index contributed by atoms with van der Waals surface area (Å²) in [5.74, 6) is 6.65. The number of aryl methyl sites for hydroxylation is 2. The molecule has 1 aromatic heterocycles. The van der Waals surface area contributed by atoms with E-state index < -0.39 is 0 Å². The molecule has 0 saturated carbocycles. The Balaban J connectivity index is 2.14. The van der Waals surface area contributed by atoms with Crippen LogP contribution in [0.2, 0.25) is 0 Å². The van der Waals surface area contributed by atoms with Crippen molar-refractivity contribution in [1.29, 1.82) is 0 Å². The van der Waals surface area contributed by atoms with Gasteiger partial charge in [0.15, 0.2) is 0 Å². The molecule has 1 atom stereocenters. The Hall–Kier alpha value is -2.10. The van der Waals surface area contributed by atoms with Gasteiger partial charge in [0.25, 0.3) is 0 Å². The number of para-hydroxylation sites is 1. The zero-order valence-corrected chi connectivity index (χ0v) is 12.6. The van der Waals surface area contributed by atoms with E-state index >= 15 is 0 Å². The summed E-state index contributed by atoms with van der Waals surface area (Å²) >= 11 is 0. The van der Waals surface area contributed by atoms with Crippen molar-refractivity contribution in [1.82, 2.24) is 5.43 Å². The lowest BCUT2D eigenvalue weighted by molar-refractivity contribution is 0.475. The molecule has 0 radical (unpaired) electrons. The van der Waals surface area contributed by atoms with E-state index in [1.165, 1.54) is 11.1 Å². The maximum absolute atomic E-state index is 6.06. The lowest BCUT2D eigenvalue weighted by Gasteiger charge is -2.17. The van der Waals surface area contributed by atoms with Crippen LogP contribution in [-0.4, -0.2) is 0 Å². The Kier molecular flexibility index (Phi) is 3.53. The van der Waals surface area contributed by atoms with E-state index in [2.05, 4.69) is 62.6 Å². The monoisotopic (exact) mass is 280 g/mol. The summed E-state index contributed by atoms with van der Waals surface area (Å²) < 4.78 is 6.06. The molecule has 1 heterocycles. The minimum Gasteiger partial charge on any atom is -0.459 e. The first-order chi connectivity index (χ1) is 10.1. The van der Waals surface area contributed by atoms with Crippen molar-refractivity contribution in [3.05, 3.63) is 70.5 Å². The number of benzene rings is 2. The molecule has 0 bridgehead atoms. The maximum atomic E-state index is 6.06. The molecule has 0 saturated heterocycles. The minimum atomic E-state index is -0.142.